The molecule has 2 aromatic rings. The van der Waals surface area contributed by atoms with Gasteiger partial charge in [-0.1, -0.05) is 18.2 Å². The molecule has 2 aromatic carbocycles. The normalized spacial score (nSPS) is 12.5. The molecule has 0 saturated carbocycles. The zero-order chi connectivity index (χ0) is 21.3. The Hall–Kier alpha value is -3.22. The van der Waals surface area contributed by atoms with Crippen LogP contribution < -0.4 is 14.8 Å². The quantitative estimate of drug-likeness (QED) is 0.384. The first kappa shape index (κ1) is 21.5. The number of hydrogen-bond acceptors (Lipinski definition) is 7. The molecular formula is C23H27NO6. The molecule has 7 heteroatoms. The third-order valence-corrected chi connectivity index (χ3v) is 4.98. The van der Waals surface area contributed by atoms with E-state index in [9.17, 15) is 9.59 Å². The van der Waals surface area contributed by atoms with Gasteiger partial charge in [-0.3, -0.25) is 9.59 Å². The Morgan fingerprint density at radius 2 is 1.57 bits per heavy atom. The van der Waals surface area contributed by atoms with Crippen LogP contribution in [0.15, 0.2) is 42.5 Å². The summed E-state index contributed by atoms with van der Waals surface area (Å²) in [6.07, 6.45) is 2.46. The van der Waals surface area contributed by atoms with Crippen LogP contribution >= 0.6 is 0 Å². The van der Waals surface area contributed by atoms with Crippen molar-refractivity contribution in [3.63, 3.8) is 0 Å². The zero-order valence-electron chi connectivity index (χ0n) is 17.3. The first-order chi connectivity index (χ1) is 14.6. The number of rotatable bonds is 9. The number of nitrogens with one attached hydrogen (secondary N) is 1. The molecule has 0 bridgehead atoms. The van der Waals surface area contributed by atoms with E-state index < -0.39 is 17.9 Å². The Labute approximate surface area is 176 Å². The van der Waals surface area contributed by atoms with Crippen molar-refractivity contribution in [3.8, 4) is 11.5 Å². The Balaban J connectivity index is 1.46. The minimum atomic E-state index is -0.980. The monoisotopic (exact) mass is 413 g/mol. The minimum absolute atomic E-state index is 0.203. The summed E-state index contributed by atoms with van der Waals surface area (Å²) >= 11 is 0. The van der Waals surface area contributed by atoms with Crippen LogP contribution in [0.5, 0.6) is 11.5 Å². The van der Waals surface area contributed by atoms with Crippen LogP contribution in [-0.4, -0.2) is 45.9 Å². The fraction of sp³-hybridized carbons (Fsp3) is 0.391. The molecule has 0 aromatic heterocycles. The molecule has 0 unspecified atom stereocenters. The molecule has 30 heavy (non-hydrogen) atoms. The molecule has 1 heterocycles. The highest BCUT2D eigenvalue weighted by Crippen LogP contribution is 2.26. The number of methoxy groups -OCH3 is 2. The molecule has 0 atom stereocenters. The number of ether oxygens (including phenoxy) is 4. The van der Waals surface area contributed by atoms with Crippen molar-refractivity contribution in [1.82, 2.24) is 0 Å². The number of carbonyl (C=O) groups is 2. The van der Waals surface area contributed by atoms with E-state index >= 15 is 0 Å². The molecule has 0 amide bonds. The molecule has 7 nitrogen and oxygen atoms in total. The van der Waals surface area contributed by atoms with Crippen molar-refractivity contribution in [2.75, 3.05) is 39.3 Å². The molecule has 1 aliphatic heterocycles. The average molecular weight is 413 g/mol. The Bertz CT molecular complexity index is 848. The highest BCUT2D eigenvalue weighted by atomic mass is 16.5. The van der Waals surface area contributed by atoms with Crippen molar-refractivity contribution in [2.45, 2.75) is 19.3 Å². The Morgan fingerprint density at radius 3 is 2.23 bits per heavy atom. The summed E-state index contributed by atoms with van der Waals surface area (Å²) in [4.78, 5) is 23.6. The van der Waals surface area contributed by atoms with Crippen LogP contribution in [0.4, 0.5) is 5.69 Å². The van der Waals surface area contributed by atoms with Gasteiger partial charge in [-0.05, 0) is 48.6 Å². The molecule has 160 valence electrons. The van der Waals surface area contributed by atoms with E-state index in [1.54, 1.807) is 12.1 Å². The summed E-state index contributed by atoms with van der Waals surface area (Å²) in [6.45, 7) is 1.82. The first-order valence-electron chi connectivity index (χ1n) is 9.97. The Kier molecular flexibility index (Phi) is 7.54. The van der Waals surface area contributed by atoms with Crippen LogP contribution in [0.2, 0.25) is 0 Å². The van der Waals surface area contributed by atoms with E-state index in [1.165, 1.54) is 19.8 Å². The fourth-order valence-electron chi connectivity index (χ4n) is 3.35. The summed E-state index contributed by atoms with van der Waals surface area (Å²) in [6, 6.07) is 13.3. The van der Waals surface area contributed by atoms with E-state index in [0.29, 0.717) is 19.0 Å². The average Bonchev–Trinajstić information content (AvgIpc) is 2.80. The van der Waals surface area contributed by atoms with Gasteiger partial charge in [0, 0.05) is 18.3 Å². The summed E-state index contributed by atoms with van der Waals surface area (Å²) in [5.41, 5.74) is 3.28. The number of aryl methyl sites for hydroxylation is 1. The van der Waals surface area contributed by atoms with E-state index in [0.717, 1.165) is 36.4 Å². The summed E-state index contributed by atoms with van der Waals surface area (Å²) in [5, 5.41) is 3.39. The highest BCUT2D eigenvalue weighted by Gasteiger charge is 2.28. The van der Waals surface area contributed by atoms with E-state index in [-0.39, 0.29) is 6.42 Å². The van der Waals surface area contributed by atoms with Gasteiger partial charge in [-0.15, -0.1) is 0 Å². The van der Waals surface area contributed by atoms with Crippen molar-refractivity contribution in [1.29, 1.82) is 0 Å². The van der Waals surface area contributed by atoms with E-state index in [2.05, 4.69) is 20.9 Å². The maximum atomic E-state index is 11.8. The van der Waals surface area contributed by atoms with Crippen LogP contribution in [0, 0.1) is 5.92 Å². The van der Waals surface area contributed by atoms with Crippen molar-refractivity contribution < 1.29 is 28.5 Å². The third kappa shape index (κ3) is 5.65. The van der Waals surface area contributed by atoms with Crippen molar-refractivity contribution in [3.05, 3.63) is 53.6 Å². The van der Waals surface area contributed by atoms with Gasteiger partial charge in [0.05, 0.1) is 14.2 Å². The van der Waals surface area contributed by atoms with Gasteiger partial charge in [0.25, 0.3) is 0 Å². The summed E-state index contributed by atoms with van der Waals surface area (Å²) < 4.78 is 20.9. The molecule has 0 aliphatic carbocycles. The second-order valence-electron chi connectivity index (χ2n) is 6.99. The minimum Gasteiger partial charge on any atom is -0.490 e. The number of anilines is 1. The maximum absolute atomic E-state index is 11.8. The molecule has 1 N–H and O–H groups in total. The maximum Gasteiger partial charge on any atom is 0.320 e. The Morgan fingerprint density at radius 1 is 0.933 bits per heavy atom. The largest absolute Gasteiger partial charge is 0.490 e. The number of fused-ring (bicyclic) bond motifs is 1. The van der Waals surface area contributed by atoms with Crippen molar-refractivity contribution >= 4 is 17.6 Å². The lowest BCUT2D eigenvalue weighted by Crippen LogP contribution is -2.28. The van der Waals surface area contributed by atoms with Crippen LogP contribution in [-0.2, 0) is 31.9 Å². The number of benzene rings is 2. The second kappa shape index (κ2) is 10.5. The zero-order valence-corrected chi connectivity index (χ0v) is 17.3. The van der Waals surface area contributed by atoms with Gasteiger partial charge >= 0.3 is 11.9 Å². The van der Waals surface area contributed by atoms with Gasteiger partial charge in [0.1, 0.15) is 24.7 Å². The van der Waals surface area contributed by atoms with Gasteiger partial charge < -0.3 is 24.3 Å². The number of esters is 2. The summed E-state index contributed by atoms with van der Waals surface area (Å²) in [5.74, 6) is -0.708. The highest BCUT2D eigenvalue weighted by molar-refractivity contribution is 5.95. The van der Waals surface area contributed by atoms with Crippen LogP contribution in [0.1, 0.15) is 17.5 Å². The molecule has 0 fully saturated rings. The molecule has 3 rings (SSSR count). The molecule has 0 spiro atoms. The molecular weight excluding hydrogens is 386 g/mol. The second-order valence-corrected chi connectivity index (χ2v) is 6.99. The van der Waals surface area contributed by atoms with Gasteiger partial charge in [-0.25, -0.2) is 0 Å². The van der Waals surface area contributed by atoms with Crippen molar-refractivity contribution in [2.24, 2.45) is 5.92 Å². The molecule has 0 radical (unpaired) electrons. The lowest BCUT2D eigenvalue weighted by Gasteiger charge is -2.18. The number of hydrogen-bond donors (Lipinski definition) is 1. The van der Waals surface area contributed by atoms with Gasteiger partial charge in [0.2, 0.25) is 0 Å². The number of carbonyl (C=O) groups excluding carboxylic acids is 2. The standard InChI is InChI=1S/C23H27NO6/c1-27-22(25)20(23(26)28-2)14-16-5-8-18(9-6-16)29-12-13-30-19-10-7-17-4-3-11-24-21(17)15-19/h5-10,15,20,24H,3-4,11-14H2,1-2H3. The van der Waals surface area contributed by atoms with Crippen LogP contribution in [0.25, 0.3) is 0 Å². The van der Waals surface area contributed by atoms with E-state index in [1.807, 2.05) is 24.3 Å². The smallest absolute Gasteiger partial charge is 0.320 e. The fourth-order valence-corrected chi connectivity index (χ4v) is 3.35. The molecule has 1 aliphatic rings. The predicted molar refractivity (Wildman–Crippen MR) is 112 cm³/mol. The lowest BCUT2D eigenvalue weighted by atomic mass is 9.99. The van der Waals surface area contributed by atoms with Gasteiger partial charge in [-0.2, -0.15) is 0 Å². The van der Waals surface area contributed by atoms with Gasteiger partial charge in [0.15, 0.2) is 5.92 Å². The first-order valence-corrected chi connectivity index (χ1v) is 9.97. The lowest BCUT2D eigenvalue weighted by molar-refractivity contribution is -0.158. The predicted octanol–water partition coefficient (Wildman–Crippen LogP) is 3.01. The van der Waals surface area contributed by atoms with E-state index in [4.69, 9.17) is 9.47 Å². The third-order valence-electron chi connectivity index (χ3n) is 4.98. The van der Waals surface area contributed by atoms with Crippen LogP contribution in [0.3, 0.4) is 0 Å². The molecule has 0 saturated heterocycles. The SMILES string of the molecule is COC(=O)C(Cc1ccc(OCCOc2ccc3c(c2)NCCC3)cc1)C(=O)OC. The topological polar surface area (TPSA) is 83.1 Å². The summed E-state index contributed by atoms with van der Waals surface area (Å²) in [7, 11) is 2.50.